The van der Waals surface area contributed by atoms with Gasteiger partial charge in [-0.2, -0.15) is 0 Å². The molecule has 0 heterocycles. The Kier molecular flexibility index (Phi) is 3.12. The lowest BCUT2D eigenvalue weighted by molar-refractivity contribution is -0.113. The molecule has 74 valence electrons. The Labute approximate surface area is 81.1 Å². The molecule has 1 aromatic rings. The van der Waals surface area contributed by atoms with Crippen LogP contribution in [0.1, 0.15) is 19.4 Å². The van der Waals surface area contributed by atoms with Crippen molar-refractivity contribution in [2.45, 2.75) is 13.8 Å². The summed E-state index contributed by atoms with van der Waals surface area (Å²) in [4.78, 5) is 10.9. The van der Waals surface area contributed by atoms with Crippen LogP contribution in [-0.2, 0) is 4.79 Å². The summed E-state index contributed by atoms with van der Waals surface area (Å²) in [6, 6.07) is 3.13. The summed E-state index contributed by atoms with van der Waals surface area (Å²) in [6.45, 7) is 2.94. The summed E-state index contributed by atoms with van der Waals surface area (Å²) in [6.07, 6.45) is 1.33. The second-order valence-corrected chi connectivity index (χ2v) is 3.05. The minimum Gasteiger partial charge on any atom is -0.295 e. The molecule has 0 aliphatic heterocycles. The molecule has 3 heteroatoms. The number of halogens is 2. The van der Waals surface area contributed by atoms with E-state index in [1.54, 1.807) is 6.92 Å². The zero-order valence-electron chi connectivity index (χ0n) is 7.97. The third-order valence-corrected chi connectivity index (χ3v) is 1.89. The van der Waals surface area contributed by atoms with Crippen LogP contribution in [0, 0.1) is 11.6 Å². The van der Waals surface area contributed by atoms with E-state index >= 15 is 0 Å². The van der Waals surface area contributed by atoms with E-state index in [9.17, 15) is 13.6 Å². The number of benzene rings is 1. The lowest BCUT2D eigenvalue weighted by atomic mass is 10.1. The van der Waals surface area contributed by atoms with Gasteiger partial charge in [0, 0.05) is 5.56 Å². The molecule has 1 aromatic carbocycles. The standard InChI is InChI=1S/C11H10F2O/c1-7(8(2)14)5-9-6-10(12)3-4-11(9)13/h3-6H,1-2H3/b7-5+. The van der Waals surface area contributed by atoms with E-state index in [0.29, 0.717) is 5.57 Å². The predicted octanol–water partition coefficient (Wildman–Crippen LogP) is 2.96. The molecule has 0 radical (unpaired) electrons. The third-order valence-electron chi connectivity index (χ3n) is 1.89. The smallest absolute Gasteiger partial charge is 0.155 e. The highest BCUT2D eigenvalue weighted by Crippen LogP contribution is 2.13. The van der Waals surface area contributed by atoms with Gasteiger partial charge >= 0.3 is 0 Å². The quantitative estimate of drug-likeness (QED) is 0.664. The van der Waals surface area contributed by atoms with Crippen molar-refractivity contribution in [2.75, 3.05) is 0 Å². The Bertz CT molecular complexity index is 394. The molecular weight excluding hydrogens is 186 g/mol. The SMILES string of the molecule is CC(=O)/C(C)=C/c1cc(F)ccc1F. The number of hydrogen-bond donors (Lipinski definition) is 0. The van der Waals surface area contributed by atoms with E-state index in [2.05, 4.69) is 0 Å². The Morgan fingerprint density at radius 2 is 1.93 bits per heavy atom. The van der Waals surface area contributed by atoms with Crippen molar-refractivity contribution >= 4 is 11.9 Å². The van der Waals surface area contributed by atoms with E-state index in [-0.39, 0.29) is 11.3 Å². The lowest BCUT2D eigenvalue weighted by Crippen LogP contribution is -1.92. The second-order valence-electron chi connectivity index (χ2n) is 3.05. The molecule has 0 saturated carbocycles. The average molecular weight is 196 g/mol. The number of ketones is 1. The van der Waals surface area contributed by atoms with Crippen molar-refractivity contribution in [3.8, 4) is 0 Å². The van der Waals surface area contributed by atoms with Crippen molar-refractivity contribution in [1.29, 1.82) is 0 Å². The Hall–Kier alpha value is -1.51. The highest BCUT2D eigenvalue weighted by Gasteiger charge is 2.03. The Morgan fingerprint density at radius 1 is 1.29 bits per heavy atom. The molecule has 0 spiro atoms. The van der Waals surface area contributed by atoms with Crippen LogP contribution in [0.4, 0.5) is 8.78 Å². The molecule has 1 nitrogen and oxygen atoms in total. The average Bonchev–Trinajstić information content (AvgIpc) is 2.11. The van der Waals surface area contributed by atoms with Gasteiger partial charge in [-0.3, -0.25) is 4.79 Å². The summed E-state index contributed by atoms with van der Waals surface area (Å²) >= 11 is 0. The van der Waals surface area contributed by atoms with Crippen LogP contribution in [-0.4, -0.2) is 5.78 Å². The van der Waals surface area contributed by atoms with Crippen LogP contribution in [0.15, 0.2) is 23.8 Å². The summed E-state index contributed by atoms with van der Waals surface area (Å²) in [5, 5.41) is 0. The van der Waals surface area contributed by atoms with Crippen LogP contribution in [0.5, 0.6) is 0 Å². The monoisotopic (exact) mass is 196 g/mol. The molecule has 0 saturated heterocycles. The van der Waals surface area contributed by atoms with Gasteiger partial charge in [-0.1, -0.05) is 0 Å². The summed E-state index contributed by atoms with van der Waals surface area (Å²) in [5.74, 6) is -1.21. The molecule has 0 fully saturated rings. The number of allylic oxidation sites excluding steroid dienone is 1. The number of rotatable bonds is 2. The number of carbonyl (C=O) groups excluding carboxylic acids is 1. The zero-order valence-corrected chi connectivity index (χ0v) is 7.97. The molecule has 14 heavy (non-hydrogen) atoms. The largest absolute Gasteiger partial charge is 0.295 e. The topological polar surface area (TPSA) is 17.1 Å². The summed E-state index contributed by atoms with van der Waals surface area (Å²) in [7, 11) is 0. The van der Waals surface area contributed by atoms with Gasteiger partial charge in [0.1, 0.15) is 11.6 Å². The van der Waals surface area contributed by atoms with E-state index in [1.807, 2.05) is 0 Å². The van der Waals surface area contributed by atoms with E-state index < -0.39 is 11.6 Å². The maximum atomic E-state index is 13.1. The lowest BCUT2D eigenvalue weighted by Gasteiger charge is -1.98. The fourth-order valence-electron chi connectivity index (χ4n) is 0.960. The van der Waals surface area contributed by atoms with E-state index in [4.69, 9.17) is 0 Å². The highest BCUT2D eigenvalue weighted by molar-refractivity contribution is 5.97. The molecular formula is C11H10F2O. The van der Waals surface area contributed by atoms with Crippen molar-refractivity contribution in [2.24, 2.45) is 0 Å². The van der Waals surface area contributed by atoms with Crippen LogP contribution in [0.2, 0.25) is 0 Å². The molecule has 0 aromatic heterocycles. The van der Waals surface area contributed by atoms with Gasteiger partial charge in [-0.25, -0.2) is 8.78 Å². The number of Topliss-reactive ketones (excluding diaryl/α,β-unsaturated/α-hetero) is 1. The zero-order chi connectivity index (χ0) is 10.7. The van der Waals surface area contributed by atoms with Crippen LogP contribution >= 0.6 is 0 Å². The molecule has 0 aliphatic carbocycles. The van der Waals surface area contributed by atoms with Crippen LogP contribution < -0.4 is 0 Å². The number of hydrogen-bond acceptors (Lipinski definition) is 1. The van der Waals surface area contributed by atoms with E-state index in [0.717, 1.165) is 18.2 Å². The van der Waals surface area contributed by atoms with E-state index in [1.165, 1.54) is 13.0 Å². The van der Waals surface area contributed by atoms with Gasteiger partial charge in [0.25, 0.3) is 0 Å². The van der Waals surface area contributed by atoms with Gasteiger partial charge in [-0.15, -0.1) is 0 Å². The van der Waals surface area contributed by atoms with Crippen molar-refractivity contribution in [1.82, 2.24) is 0 Å². The normalized spacial score (nSPS) is 11.6. The fourth-order valence-corrected chi connectivity index (χ4v) is 0.960. The first-order valence-corrected chi connectivity index (χ1v) is 4.15. The summed E-state index contributed by atoms with van der Waals surface area (Å²) < 4.78 is 25.8. The molecule has 0 unspecified atom stereocenters. The van der Waals surface area contributed by atoms with Gasteiger partial charge in [-0.05, 0) is 43.7 Å². The minimum atomic E-state index is -0.535. The first kappa shape index (κ1) is 10.6. The highest BCUT2D eigenvalue weighted by atomic mass is 19.1. The molecule has 0 atom stereocenters. The van der Waals surface area contributed by atoms with Crippen LogP contribution in [0.3, 0.4) is 0 Å². The van der Waals surface area contributed by atoms with Gasteiger partial charge in [0.05, 0.1) is 0 Å². The molecule has 1 rings (SSSR count). The minimum absolute atomic E-state index is 0.0951. The van der Waals surface area contributed by atoms with Crippen molar-refractivity contribution < 1.29 is 13.6 Å². The predicted molar refractivity (Wildman–Crippen MR) is 50.7 cm³/mol. The maximum Gasteiger partial charge on any atom is 0.155 e. The molecule has 0 N–H and O–H groups in total. The van der Waals surface area contributed by atoms with Gasteiger partial charge < -0.3 is 0 Å². The summed E-state index contributed by atoms with van der Waals surface area (Å²) in [5.41, 5.74) is 0.493. The van der Waals surface area contributed by atoms with Gasteiger partial charge in [0.15, 0.2) is 5.78 Å². The Morgan fingerprint density at radius 3 is 2.50 bits per heavy atom. The van der Waals surface area contributed by atoms with Crippen molar-refractivity contribution in [3.63, 3.8) is 0 Å². The second kappa shape index (κ2) is 4.13. The fraction of sp³-hybridized carbons (Fsp3) is 0.182. The first-order valence-electron chi connectivity index (χ1n) is 4.15. The molecule has 0 aliphatic rings. The number of carbonyl (C=O) groups is 1. The van der Waals surface area contributed by atoms with Gasteiger partial charge in [0.2, 0.25) is 0 Å². The molecule has 0 amide bonds. The Balaban J connectivity index is 3.13. The molecule has 0 bridgehead atoms. The van der Waals surface area contributed by atoms with Crippen molar-refractivity contribution in [3.05, 3.63) is 41.0 Å². The maximum absolute atomic E-state index is 13.1. The first-order chi connectivity index (χ1) is 6.50. The third kappa shape index (κ3) is 2.49. The van der Waals surface area contributed by atoms with Crippen LogP contribution in [0.25, 0.3) is 6.08 Å².